The first kappa shape index (κ1) is 19.8. The zero-order valence-electron chi connectivity index (χ0n) is 15.7. The Labute approximate surface area is 154 Å². The molecule has 1 aromatic rings. The molecule has 0 radical (unpaired) electrons. The first-order valence-corrected chi connectivity index (χ1v) is 8.78. The van der Waals surface area contributed by atoms with E-state index in [-0.39, 0.29) is 30.4 Å². The molecule has 3 amide bonds. The fourth-order valence-corrected chi connectivity index (χ4v) is 2.90. The lowest BCUT2D eigenvalue weighted by atomic mass is 10.1. The molecule has 1 aliphatic rings. The predicted octanol–water partition coefficient (Wildman–Crippen LogP) is 1.93. The Bertz CT molecular complexity index is 654. The first-order valence-electron chi connectivity index (χ1n) is 8.78. The molecule has 1 saturated heterocycles. The molecule has 2 rings (SSSR count). The minimum atomic E-state index is -0.619. The summed E-state index contributed by atoms with van der Waals surface area (Å²) in [7, 11) is 0. The lowest BCUT2D eigenvalue weighted by Crippen LogP contribution is -2.44. The number of rotatable bonds is 4. The van der Waals surface area contributed by atoms with Crippen molar-refractivity contribution in [1.82, 2.24) is 15.5 Å². The first-order chi connectivity index (χ1) is 12.2. The van der Waals surface area contributed by atoms with Gasteiger partial charge < -0.3 is 20.3 Å². The summed E-state index contributed by atoms with van der Waals surface area (Å²) in [5.41, 5.74) is -0.0162. The van der Waals surface area contributed by atoms with E-state index in [1.54, 1.807) is 37.8 Å². The van der Waals surface area contributed by atoms with Gasteiger partial charge in [-0.1, -0.05) is 18.2 Å². The standard InChI is InChI=1S/C19H27N3O4/c1-13-10-15(21-17(24)14-8-6-5-7-9-14)12-22(13)16(23)11-20-18(25)26-19(2,3)4/h5-9,13,15H,10-12H2,1-4H3,(H,20,25)(H,21,24)/t13-,15+/m1/s1. The lowest BCUT2D eigenvalue weighted by molar-refractivity contribution is -0.130. The van der Waals surface area contributed by atoms with E-state index in [0.29, 0.717) is 18.5 Å². The van der Waals surface area contributed by atoms with Crippen LogP contribution in [0.15, 0.2) is 30.3 Å². The Morgan fingerprint density at radius 3 is 2.46 bits per heavy atom. The van der Waals surface area contributed by atoms with E-state index in [1.807, 2.05) is 25.1 Å². The Morgan fingerprint density at radius 1 is 1.19 bits per heavy atom. The molecule has 7 heteroatoms. The van der Waals surface area contributed by atoms with E-state index in [4.69, 9.17) is 4.74 Å². The second-order valence-electron chi connectivity index (χ2n) is 7.52. The maximum atomic E-state index is 12.4. The SMILES string of the molecule is C[C@@H]1C[C@H](NC(=O)c2ccccc2)CN1C(=O)CNC(=O)OC(C)(C)C. The van der Waals surface area contributed by atoms with Crippen molar-refractivity contribution < 1.29 is 19.1 Å². The van der Waals surface area contributed by atoms with E-state index in [0.717, 1.165) is 0 Å². The minimum Gasteiger partial charge on any atom is -0.444 e. The van der Waals surface area contributed by atoms with Gasteiger partial charge in [-0.3, -0.25) is 9.59 Å². The van der Waals surface area contributed by atoms with Gasteiger partial charge in [0, 0.05) is 24.2 Å². The van der Waals surface area contributed by atoms with Gasteiger partial charge in [0.15, 0.2) is 0 Å². The van der Waals surface area contributed by atoms with Crippen LogP contribution in [0.3, 0.4) is 0 Å². The van der Waals surface area contributed by atoms with Gasteiger partial charge in [-0.25, -0.2) is 4.79 Å². The van der Waals surface area contributed by atoms with Crippen molar-refractivity contribution in [3.8, 4) is 0 Å². The van der Waals surface area contributed by atoms with Crippen molar-refractivity contribution in [3.63, 3.8) is 0 Å². The second-order valence-corrected chi connectivity index (χ2v) is 7.52. The summed E-state index contributed by atoms with van der Waals surface area (Å²) >= 11 is 0. The molecular weight excluding hydrogens is 334 g/mol. The zero-order valence-corrected chi connectivity index (χ0v) is 15.7. The fraction of sp³-hybridized carbons (Fsp3) is 0.526. The van der Waals surface area contributed by atoms with Crippen LogP contribution in [0.1, 0.15) is 44.5 Å². The number of hydrogen-bond acceptors (Lipinski definition) is 4. The quantitative estimate of drug-likeness (QED) is 0.858. The number of likely N-dealkylation sites (tertiary alicyclic amines) is 1. The van der Waals surface area contributed by atoms with Crippen molar-refractivity contribution in [1.29, 1.82) is 0 Å². The topological polar surface area (TPSA) is 87.7 Å². The summed E-state index contributed by atoms with van der Waals surface area (Å²) in [6.45, 7) is 7.51. The van der Waals surface area contributed by atoms with Gasteiger partial charge in [0.1, 0.15) is 12.1 Å². The fourth-order valence-electron chi connectivity index (χ4n) is 2.90. The molecule has 0 saturated carbocycles. The van der Waals surface area contributed by atoms with Crippen molar-refractivity contribution in [3.05, 3.63) is 35.9 Å². The summed E-state index contributed by atoms with van der Waals surface area (Å²) in [4.78, 5) is 38.0. The molecule has 1 aliphatic heterocycles. The van der Waals surface area contributed by atoms with Crippen LogP contribution in [0.5, 0.6) is 0 Å². The highest BCUT2D eigenvalue weighted by molar-refractivity contribution is 5.94. The van der Waals surface area contributed by atoms with Crippen LogP contribution in [0.25, 0.3) is 0 Å². The Morgan fingerprint density at radius 2 is 1.85 bits per heavy atom. The minimum absolute atomic E-state index is 0.0102. The van der Waals surface area contributed by atoms with E-state index in [9.17, 15) is 14.4 Å². The highest BCUT2D eigenvalue weighted by Gasteiger charge is 2.33. The summed E-state index contributed by atoms with van der Waals surface area (Å²) in [6.07, 6.45) is 0.0585. The molecule has 0 spiro atoms. The molecule has 2 atom stereocenters. The highest BCUT2D eigenvalue weighted by atomic mass is 16.6. The third-order valence-corrected chi connectivity index (χ3v) is 4.05. The van der Waals surface area contributed by atoms with E-state index >= 15 is 0 Å². The molecule has 0 aromatic heterocycles. The summed E-state index contributed by atoms with van der Waals surface area (Å²) < 4.78 is 5.12. The summed E-state index contributed by atoms with van der Waals surface area (Å²) in [6, 6.07) is 8.86. The van der Waals surface area contributed by atoms with Gasteiger partial charge in [-0.2, -0.15) is 0 Å². The van der Waals surface area contributed by atoms with Gasteiger partial charge >= 0.3 is 6.09 Å². The third kappa shape index (κ3) is 5.75. The van der Waals surface area contributed by atoms with Crippen LogP contribution in [0.4, 0.5) is 4.79 Å². The lowest BCUT2D eigenvalue weighted by Gasteiger charge is -2.23. The van der Waals surface area contributed by atoms with Crippen molar-refractivity contribution in [2.75, 3.05) is 13.1 Å². The van der Waals surface area contributed by atoms with Gasteiger partial charge in [-0.15, -0.1) is 0 Å². The third-order valence-electron chi connectivity index (χ3n) is 4.05. The number of nitrogens with one attached hydrogen (secondary N) is 2. The number of carbonyl (C=O) groups is 3. The van der Waals surface area contributed by atoms with Crippen molar-refractivity contribution in [2.24, 2.45) is 0 Å². The predicted molar refractivity (Wildman–Crippen MR) is 97.7 cm³/mol. The van der Waals surface area contributed by atoms with Crippen LogP contribution in [-0.4, -0.2) is 53.6 Å². The Balaban J connectivity index is 1.83. The normalized spacial score (nSPS) is 19.8. The summed E-state index contributed by atoms with van der Waals surface area (Å²) in [5, 5.41) is 5.44. The van der Waals surface area contributed by atoms with Crippen molar-refractivity contribution >= 4 is 17.9 Å². The second kappa shape index (κ2) is 8.21. The van der Waals surface area contributed by atoms with E-state index in [2.05, 4.69) is 10.6 Å². The van der Waals surface area contributed by atoms with Crippen LogP contribution in [0.2, 0.25) is 0 Å². The van der Waals surface area contributed by atoms with Gasteiger partial charge in [0.2, 0.25) is 5.91 Å². The molecule has 0 bridgehead atoms. The number of benzene rings is 1. The number of carbonyl (C=O) groups excluding carboxylic acids is 3. The average Bonchev–Trinajstić information content (AvgIpc) is 2.92. The molecule has 1 aromatic carbocycles. The average molecular weight is 361 g/mol. The molecule has 142 valence electrons. The molecule has 1 heterocycles. The maximum absolute atomic E-state index is 12.4. The van der Waals surface area contributed by atoms with Crippen LogP contribution >= 0.6 is 0 Å². The number of nitrogens with zero attached hydrogens (tertiary/aromatic N) is 1. The smallest absolute Gasteiger partial charge is 0.408 e. The van der Waals surface area contributed by atoms with Gasteiger partial charge in [0.25, 0.3) is 5.91 Å². The molecule has 2 N–H and O–H groups in total. The zero-order chi connectivity index (χ0) is 19.3. The largest absolute Gasteiger partial charge is 0.444 e. The van der Waals surface area contributed by atoms with Gasteiger partial charge in [0.05, 0.1) is 0 Å². The number of amides is 3. The molecule has 0 aliphatic carbocycles. The maximum Gasteiger partial charge on any atom is 0.408 e. The molecule has 7 nitrogen and oxygen atoms in total. The molecule has 1 fully saturated rings. The molecular formula is C19H27N3O4. The number of alkyl carbamates (subject to hydrolysis) is 1. The number of hydrogen-bond donors (Lipinski definition) is 2. The highest BCUT2D eigenvalue weighted by Crippen LogP contribution is 2.18. The van der Waals surface area contributed by atoms with E-state index in [1.165, 1.54) is 0 Å². The summed E-state index contributed by atoms with van der Waals surface area (Å²) in [5.74, 6) is -0.344. The van der Waals surface area contributed by atoms with Crippen molar-refractivity contribution in [2.45, 2.75) is 51.8 Å². The number of ether oxygens (including phenoxy) is 1. The Kier molecular flexibility index (Phi) is 6.23. The molecule has 0 unspecified atom stereocenters. The monoisotopic (exact) mass is 361 g/mol. The van der Waals surface area contributed by atoms with Gasteiger partial charge in [-0.05, 0) is 46.2 Å². The van der Waals surface area contributed by atoms with E-state index < -0.39 is 11.7 Å². The Hall–Kier alpha value is -2.57. The van der Waals surface area contributed by atoms with Crippen LogP contribution in [0, 0.1) is 0 Å². The molecule has 26 heavy (non-hydrogen) atoms. The van der Waals surface area contributed by atoms with Crippen LogP contribution in [-0.2, 0) is 9.53 Å². The van der Waals surface area contributed by atoms with Crippen LogP contribution < -0.4 is 10.6 Å².